The first-order chi connectivity index (χ1) is 13.3. The Morgan fingerprint density at radius 1 is 1.07 bits per heavy atom. The van der Waals surface area contributed by atoms with Crippen LogP contribution in [0.1, 0.15) is 5.82 Å². The van der Waals surface area contributed by atoms with Crippen LogP contribution in [0.15, 0.2) is 71.5 Å². The molecule has 0 atom stereocenters. The van der Waals surface area contributed by atoms with Crippen molar-refractivity contribution in [1.82, 2.24) is 24.7 Å². The van der Waals surface area contributed by atoms with Crippen molar-refractivity contribution in [2.45, 2.75) is 6.61 Å². The largest absolute Gasteiger partial charge is 0.388 e. The number of nitrogens with zero attached hydrogens (tertiary/aromatic N) is 4. The minimum atomic E-state index is -0.124. The van der Waals surface area contributed by atoms with Crippen LogP contribution in [0.4, 0.5) is 0 Å². The van der Waals surface area contributed by atoms with E-state index in [0.717, 1.165) is 28.0 Å². The molecule has 0 aliphatic carbocycles. The molecule has 0 fully saturated rings. The van der Waals surface area contributed by atoms with E-state index >= 15 is 0 Å². The number of hydrogen-bond acceptors (Lipinski definition) is 5. The first kappa shape index (κ1) is 15.5. The molecule has 2 N–H and O–H groups in total. The maximum absolute atomic E-state index is 9.25. The van der Waals surface area contributed by atoms with Crippen LogP contribution < -0.4 is 0 Å². The Morgan fingerprint density at radius 2 is 1.96 bits per heavy atom. The molecular formula is C20H15N5O2. The normalized spacial score (nSPS) is 11.3. The van der Waals surface area contributed by atoms with Crippen molar-refractivity contribution in [2.75, 3.05) is 0 Å². The standard InChI is InChI=1S/C20H15N5O2/c26-12-19-22-15-7-6-14(10-17(15)23-19)25-9-8-21-20(25)18-11-16(24-27-18)13-4-2-1-3-5-13/h1-11,26H,12H2,(H,22,23). The van der Waals surface area contributed by atoms with Crippen LogP contribution in [-0.2, 0) is 6.61 Å². The molecule has 5 aromatic rings. The van der Waals surface area contributed by atoms with Crippen molar-refractivity contribution in [3.63, 3.8) is 0 Å². The summed E-state index contributed by atoms with van der Waals surface area (Å²) in [5.41, 5.74) is 4.30. The van der Waals surface area contributed by atoms with E-state index in [-0.39, 0.29) is 6.61 Å². The van der Waals surface area contributed by atoms with Gasteiger partial charge in [-0.05, 0) is 18.2 Å². The van der Waals surface area contributed by atoms with Gasteiger partial charge in [-0.1, -0.05) is 35.5 Å². The number of aliphatic hydroxyl groups is 1. The number of rotatable bonds is 4. The fourth-order valence-electron chi connectivity index (χ4n) is 3.09. The van der Waals surface area contributed by atoms with Crippen LogP contribution in [0.5, 0.6) is 0 Å². The first-order valence-electron chi connectivity index (χ1n) is 8.47. The predicted octanol–water partition coefficient (Wildman–Crippen LogP) is 3.56. The molecule has 27 heavy (non-hydrogen) atoms. The Labute approximate surface area is 153 Å². The lowest BCUT2D eigenvalue weighted by atomic mass is 10.1. The monoisotopic (exact) mass is 357 g/mol. The lowest BCUT2D eigenvalue weighted by Gasteiger charge is -2.05. The summed E-state index contributed by atoms with van der Waals surface area (Å²) in [5.74, 6) is 1.78. The molecule has 3 heterocycles. The third-order valence-electron chi connectivity index (χ3n) is 4.38. The summed E-state index contributed by atoms with van der Waals surface area (Å²) in [6, 6.07) is 17.6. The maximum Gasteiger partial charge on any atom is 0.203 e. The van der Waals surface area contributed by atoms with Gasteiger partial charge in [-0.2, -0.15) is 0 Å². The summed E-state index contributed by atoms with van der Waals surface area (Å²) in [5, 5.41) is 13.4. The van der Waals surface area contributed by atoms with E-state index in [4.69, 9.17) is 4.52 Å². The molecule has 2 aromatic carbocycles. The molecule has 132 valence electrons. The fraction of sp³-hybridized carbons (Fsp3) is 0.0500. The Hall–Kier alpha value is -3.71. The highest BCUT2D eigenvalue weighted by Gasteiger charge is 2.15. The number of H-pyrrole nitrogens is 1. The zero-order chi connectivity index (χ0) is 18.2. The average Bonchev–Trinajstić information content (AvgIpc) is 3.45. The minimum Gasteiger partial charge on any atom is -0.388 e. The van der Waals surface area contributed by atoms with Crippen molar-refractivity contribution in [3.05, 3.63) is 72.8 Å². The molecule has 0 unspecified atom stereocenters. The van der Waals surface area contributed by atoms with Gasteiger partial charge >= 0.3 is 0 Å². The van der Waals surface area contributed by atoms with Gasteiger partial charge in [0.05, 0.1) is 11.0 Å². The summed E-state index contributed by atoms with van der Waals surface area (Å²) in [7, 11) is 0. The van der Waals surface area contributed by atoms with Crippen molar-refractivity contribution >= 4 is 11.0 Å². The van der Waals surface area contributed by atoms with Crippen LogP contribution in [0.25, 0.3) is 39.6 Å². The van der Waals surface area contributed by atoms with Gasteiger partial charge in [0.2, 0.25) is 5.76 Å². The summed E-state index contributed by atoms with van der Waals surface area (Å²) < 4.78 is 7.47. The number of fused-ring (bicyclic) bond motifs is 1. The molecule has 0 spiro atoms. The topological polar surface area (TPSA) is 92.8 Å². The molecule has 0 radical (unpaired) electrons. The number of aromatic nitrogens is 5. The molecule has 0 saturated heterocycles. The van der Waals surface area contributed by atoms with E-state index in [1.807, 2.05) is 65.4 Å². The molecule has 0 aliphatic rings. The second kappa shape index (κ2) is 6.22. The van der Waals surface area contributed by atoms with Crippen LogP contribution in [-0.4, -0.2) is 29.8 Å². The smallest absolute Gasteiger partial charge is 0.203 e. The lowest BCUT2D eigenvalue weighted by molar-refractivity contribution is 0.273. The molecule has 0 saturated carbocycles. The molecule has 0 bridgehead atoms. The average molecular weight is 357 g/mol. The summed E-state index contributed by atoms with van der Waals surface area (Å²) in [6.45, 7) is -0.124. The highest BCUT2D eigenvalue weighted by Crippen LogP contribution is 2.27. The highest BCUT2D eigenvalue weighted by atomic mass is 16.5. The zero-order valence-electron chi connectivity index (χ0n) is 14.2. The van der Waals surface area contributed by atoms with E-state index in [0.29, 0.717) is 17.4 Å². The second-order valence-corrected chi connectivity index (χ2v) is 6.11. The number of hydrogen-bond donors (Lipinski definition) is 2. The van der Waals surface area contributed by atoms with Gasteiger partial charge in [0.1, 0.15) is 18.1 Å². The number of aliphatic hydroxyl groups excluding tert-OH is 1. The number of nitrogens with one attached hydrogen (secondary N) is 1. The van der Waals surface area contributed by atoms with Crippen molar-refractivity contribution in [3.8, 4) is 28.5 Å². The van der Waals surface area contributed by atoms with Gasteiger partial charge < -0.3 is 14.6 Å². The van der Waals surface area contributed by atoms with Crippen molar-refractivity contribution in [1.29, 1.82) is 0 Å². The Morgan fingerprint density at radius 3 is 2.81 bits per heavy atom. The fourth-order valence-corrected chi connectivity index (χ4v) is 3.09. The van der Waals surface area contributed by atoms with Crippen molar-refractivity contribution in [2.24, 2.45) is 0 Å². The van der Waals surface area contributed by atoms with Gasteiger partial charge in [-0.25, -0.2) is 9.97 Å². The summed E-state index contributed by atoms with van der Waals surface area (Å²) >= 11 is 0. The molecule has 0 amide bonds. The van der Waals surface area contributed by atoms with Crippen LogP contribution >= 0.6 is 0 Å². The number of imidazole rings is 2. The molecular weight excluding hydrogens is 342 g/mol. The molecule has 3 aromatic heterocycles. The van der Waals surface area contributed by atoms with Gasteiger partial charge in [-0.15, -0.1) is 0 Å². The third kappa shape index (κ3) is 2.70. The van der Waals surface area contributed by atoms with Crippen molar-refractivity contribution < 1.29 is 9.63 Å². The first-order valence-corrected chi connectivity index (χ1v) is 8.47. The highest BCUT2D eigenvalue weighted by molar-refractivity contribution is 5.78. The van der Waals surface area contributed by atoms with Crippen LogP contribution in [0, 0.1) is 0 Å². The van der Waals surface area contributed by atoms with Crippen LogP contribution in [0.3, 0.4) is 0 Å². The number of benzene rings is 2. The van der Waals surface area contributed by atoms with Gasteiger partial charge in [0.15, 0.2) is 5.82 Å². The third-order valence-corrected chi connectivity index (χ3v) is 4.38. The van der Waals surface area contributed by atoms with Gasteiger partial charge in [0, 0.05) is 29.7 Å². The summed E-state index contributed by atoms with van der Waals surface area (Å²) in [4.78, 5) is 11.8. The second-order valence-electron chi connectivity index (χ2n) is 6.11. The van der Waals surface area contributed by atoms with Crippen LogP contribution in [0.2, 0.25) is 0 Å². The van der Waals surface area contributed by atoms with E-state index in [1.54, 1.807) is 6.20 Å². The lowest BCUT2D eigenvalue weighted by Crippen LogP contribution is -1.95. The van der Waals surface area contributed by atoms with Gasteiger partial charge in [0.25, 0.3) is 0 Å². The maximum atomic E-state index is 9.25. The van der Waals surface area contributed by atoms with E-state index < -0.39 is 0 Å². The zero-order valence-corrected chi connectivity index (χ0v) is 14.2. The summed E-state index contributed by atoms with van der Waals surface area (Å²) in [6.07, 6.45) is 3.58. The van der Waals surface area contributed by atoms with E-state index in [2.05, 4.69) is 20.1 Å². The number of aromatic amines is 1. The quantitative estimate of drug-likeness (QED) is 0.513. The van der Waals surface area contributed by atoms with Gasteiger partial charge in [-0.3, -0.25) is 4.57 Å². The molecule has 7 nitrogen and oxygen atoms in total. The Bertz CT molecular complexity index is 1220. The van der Waals surface area contributed by atoms with E-state index in [9.17, 15) is 5.11 Å². The van der Waals surface area contributed by atoms with E-state index in [1.165, 1.54) is 0 Å². The molecule has 0 aliphatic heterocycles. The minimum absolute atomic E-state index is 0.124. The Balaban J connectivity index is 1.56. The molecule has 7 heteroatoms. The SMILES string of the molecule is OCc1nc2ccc(-n3ccnc3-c3cc(-c4ccccc4)no3)cc2[nH]1. The predicted molar refractivity (Wildman–Crippen MR) is 100 cm³/mol. The molecule has 5 rings (SSSR count). The Kier molecular flexibility index (Phi) is 3.58.